The van der Waals surface area contributed by atoms with Crippen LogP contribution in [0.2, 0.25) is 0 Å². The number of nitrogen functional groups attached to an aromatic ring is 1. The van der Waals surface area contributed by atoms with Crippen LogP contribution in [0.4, 0.5) is 23.1 Å². The maximum atomic E-state index is 5.95. The van der Waals surface area contributed by atoms with E-state index in [4.69, 9.17) is 10.7 Å². The van der Waals surface area contributed by atoms with E-state index in [9.17, 15) is 0 Å². The molecule has 1 aliphatic heterocycles. The van der Waals surface area contributed by atoms with E-state index < -0.39 is 0 Å². The minimum Gasteiger partial charge on any atom is -0.399 e. The van der Waals surface area contributed by atoms with Gasteiger partial charge in [-0.15, -0.1) is 11.3 Å². The Morgan fingerprint density at radius 3 is 2.79 bits per heavy atom. The van der Waals surface area contributed by atoms with Crippen LogP contribution in [0, 0.1) is 0 Å². The van der Waals surface area contributed by atoms with E-state index >= 15 is 0 Å². The zero-order valence-corrected chi connectivity index (χ0v) is 16.8. The average molecular weight is 403 g/mol. The van der Waals surface area contributed by atoms with E-state index in [-0.39, 0.29) is 0 Å². The van der Waals surface area contributed by atoms with Gasteiger partial charge in [0.05, 0.1) is 15.7 Å². The van der Waals surface area contributed by atoms with Crippen LogP contribution in [0.15, 0.2) is 60.2 Å². The highest BCUT2D eigenvalue weighted by molar-refractivity contribution is 7.16. The van der Waals surface area contributed by atoms with Gasteiger partial charge in [0, 0.05) is 30.7 Å². The first kappa shape index (κ1) is 17.9. The number of benzene rings is 2. The number of hydrogen-bond donors (Lipinski definition) is 2. The van der Waals surface area contributed by atoms with Crippen molar-refractivity contribution in [2.75, 3.05) is 29.0 Å². The van der Waals surface area contributed by atoms with E-state index in [0.717, 1.165) is 59.3 Å². The molecule has 2 aromatic carbocycles. The van der Waals surface area contributed by atoms with Gasteiger partial charge in [-0.1, -0.05) is 12.1 Å². The van der Waals surface area contributed by atoms with Crippen molar-refractivity contribution in [1.29, 1.82) is 0 Å². The molecule has 1 saturated heterocycles. The van der Waals surface area contributed by atoms with Gasteiger partial charge >= 0.3 is 0 Å². The zero-order valence-electron chi connectivity index (χ0n) is 16.0. The monoisotopic (exact) mass is 402 g/mol. The van der Waals surface area contributed by atoms with Gasteiger partial charge in [-0.3, -0.25) is 0 Å². The predicted octanol–water partition coefficient (Wildman–Crippen LogP) is 4.80. The number of nitrogens with two attached hydrogens (primary N) is 1. The molecule has 4 aromatic rings. The van der Waals surface area contributed by atoms with Crippen molar-refractivity contribution in [3.8, 4) is 0 Å². The molecule has 5 rings (SSSR count). The molecule has 2 aromatic heterocycles. The quantitative estimate of drug-likeness (QED) is 0.478. The zero-order chi connectivity index (χ0) is 19.6. The van der Waals surface area contributed by atoms with Crippen LogP contribution < -0.4 is 16.0 Å². The van der Waals surface area contributed by atoms with Crippen LogP contribution in [0.3, 0.4) is 0 Å². The fourth-order valence-electron chi connectivity index (χ4n) is 3.88. The van der Waals surface area contributed by atoms with Crippen molar-refractivity contribution in [1.82, 2.24) is 15.0 Å². The van der Waals surface area contributed by atoms with Gasteiger partial charge in [-0.2, -0.15) is 4.98 Å². The van der Waals surface area contributed by atoms with Crippen LogP contribution in [0.5, 0.6) is 0 Å². The number of nitrogens with one attached hydrogen (secondary N) is 1. The third kappa shape index (κ3) is 3.86. The molecule has 0 bridgehead atoms. The third-order valence-corrected chi connectivity index (χ3v) is 6.20. The summed E-state index contributed by atoms with van der Waals surface area (Å²) in [6.45, 7) is 1.88. The van der Waals surface area contributed by atoms with Gasteiger partial charge in [-0.05, 0) is 60.7 Å². The fraction of sp³-hybridized carbons (Fsp3) is 0.227. The second kappa shape index (κ2) is 7.67. The Labute approximate surface area is 173 Å². The molecule has 0 unspecified atom stereocenters. The number of hydrogen-bond acceptors (Lipinski definition) is 7. The Balaban J connectivity index is 1.27. The lowest BCUT2D eigenvalue weighted by Crippen LogP contribution is -2.34. The second-order valence-electron chi connectivity index (χ2n) is 7.33. The molecule has 0 saturated carbocycles. The summed E-state index contributed by atoms with van der Waals surface area (Å²) in [5.74, 6) is 2.12. The lowest BCUT2D eigenvalue weighted by atomic mass is 9.89. The van der Waals surface area contributed by atoms with Crippen LogP contribution >= 0.6 is 11.3 Å². The largest absolute Gasteiger partial charge is 0.399 e. The number of thiazole rings is 1. The van der Waals surface area contributed by atoms with Gasteiger partial charge in [0.1, 0.15) is 5.82 Å². The first-order chi connectivity index (χ1) is 14.2. The summed E-state index contributed by atoms with van der Waals surface area (Å²) in [6, 6.07) is 16.3. The molecular formula is C22H22N6S. The number of piperidine rings is 1. The summed E-state index contributed by atoms with van der Waals surface area (Å²) in [7, 11) is 0. The summed E-state index contributed by atoms with van der Waals surface area (Å²) >= 11 is 1.64. The molecule has 3 N–H and O–H groups in total. The molecule has 1 aliphatic rings. The van der Waals surface area contributed by atoms with Gasteiger partial charge in [0.25, 0.3) is 0 Å². The number of rotatable bonds is 4. The summed E-state index contributed by atoms with van der Waals surface area (Å²) in [4.78, 5) is 15.8. The van der Waals surface area contributed by atoms with Crippen molar-refractivity contribution in [3.63, 3.8) is 0 Å². The van der Waals surface area contributed by atoms with E-state index in [1.54, 1.807) is 11.3 Å². The molecule has 0 radical (unpaired) electrons. The maximum Gasteiger partial charge on any atom is 0.227 e. The van der Waals surface area contributed by atoms with Gasteiger partial charge in [0.2, 0.25) is 5.95 Å². The fourth-order valence-corrected chi connectivity index (χ4v) is 4.59. The number of nitrogens with zero attached hydrogens (tertiary/aromatic N) is 4. The average Bonchev–Trinajstić information content (AvgIpc) is 3.22. The normalized spacial score (nSPS) is 15.0. The van der Waals surface area contributed by atoms with Crippen LogP contribution in [0.1, 0.15) is 24.3 Å². The highest BCUT2D eigenvalue weighted by atomic mass is 32.1. The molecule has 7 heteroatoms. The smallest absolute Gasteiger partial charge is 0.227 e. The minimum atomic E-state index is 0.544. The molecule has 0 atom stereocenters. The molecule has 0 amide bonds. The Kier molecular flexibility index (Phi) is 4.73. The lowest BCUT2D eigenvalue weighted by molar-refractivity contribution is 0.499. The minimum absolute atomic E-state index is 0.544. The molecule has 146 valence electrons. The summed E-state index contributed by atoms with van der Waals surface area (Å²) in [5, 5.41) is 3.39. The first-order valence-corrected chi connectivity index (χ1v) is 10.7. The highest BCUT2D eigenvalue weighted by Gasteiger charge is 2.22. The lowest BCUT2D eigenvalue weighted by Gasteiger charge is -2.32. The molecule has 3 heterocycles. The number of fused-ring (bicyclic) bond motifs is 1. The Morgan fingerprint density at radius 1 is 1.03 bits per heavy atom. The third-order valence-electron chi connectivity index (χ3n) is 5.41. The summed E-state index contributed by atoms with van der Waals surface area (Å²) in [6.07, 6.45) is 3.97. The van der Waals surface area contributed by atoms with Crippen molar-refractivity contribution in [3.05, 3.63) is 65.8 Å². The number of anilines is 4. The summed E-state index contributed by atoms with van der Waals surface area (Å²) < 4.78 is 1.16. The second-order valence-corrected chi connectivity index (χ2v) is 8.22. The topological polar surface area (TPSA) is 80.0 Å². The molecule has 29 heavy (non-hydrogen) atoms. The molecule has 1 fully saturated rings. The van der Waals surface area contributed by atoms with Gasteiger partial charge in [-0.25, -0.2) is 9.97 Å². The molecule has 0 aliphatic carbocycles. The Morgan fingerprint density at radius 2 is 1.93 bits per heavy atom. The molecular weight excluding hydrogens is 380 g/mol. The van der Waals surface area contributed by atoms with Gasteiger partial charge in [0.15, 0.2) is 0 Å². The van der Waals surface area contributed by atoms with E-state index in [1.807, 2.05) is 42.0 Å². The van der Waals surface area contributed by atoms with Crippen molar-refractivity contribution in [2.45, 2.75) is 18.8 Å². The van der Waals surface area contributed by atoms with Crippen molar-refractivity contribution >= 4 is 44.7 Å². The van der Waals surface area contributed by atoms with Gasteiger partial charge < -0.3 is 16.0 Å². The van der Waals surface area contributed by atoms with Crippen LogP contribution in [-0.4, -0.2) is 28.0 Å². The molecule has 0 spiro atoms. The van der Waals surface area contributed by atoms with E-state index in [2.05, 4.69) is 38.4 Å². The van der Waals surface area contributed by atoms with Crippen LogP contribution in [0.25, 0.3) is 10.2 Å². The van der Waals surface area contributed by atoms with E-state index in [1.165, 1.54) is 5.56 Å². The van der Waals surface area contributed by atoms with Crippen LogP contribution in [-0.2, 0) is 0 Å². The highest BCUT2D eigenvalue weighted by Crippen LogP contribution is 2.31. The van der Waals surface area contributed by atoms with Crippen molar-refractivity contribution < 1.29 is 0 Å². The Hall–Kier alpha value is -3.19. The maximum absolute atomic E-state index is 5.95. The Bertz CT molecular complexity index is 1130. The predicted molar refractivity (Wildman–Crippen MR) is 120 cm³/mol. The molecule has 6 nitrogen and oxygen atoms in total. The standard InChI is InChI=1S/C22H22N6S/c23-17-3-1-2-16(12-17)15-7-10-28(11-8-15)22-24-9-6-21(27-22)26-18-4-5-19-20(13-18)29-14-25-19/h1-6,9,12-15H,7-8,10-11,23H2,(H,24,26,27). The summed E-state index contributed by atoms with van der Waals surface area (Å²) in [5.41, 5.74) is 12.0. The van der Waals surface area contributed by atoms with Crippen molar-refractivity contribution in [2.24, 2.45) is 0 Å². The van der Waals surface area contributed by atoms with E-state index in [0.29, 0.717) is 5.92 Å². The first-order valence-electron chi connectivity index (χ1n) is 9.78. The number of aromatic nitrogens is 3. The SMILES string of the molecule is Nc1cccc(C2CCN(c3nccc(Nc4ccc5ncsc5c4)n3)CC2)c1.